The SMILES string of the molecule is CCCC(Br)CNC(=O)c1ccc(Br)cc1C(F)(F)F. The monoisotopic (exact) mass is 415 g/mol. The Hall–Kier alpha value is -0.560. The lowest BCUT2D eigenvalue weighted by atomic mass is 10.1. The predicted octanol–water partition coefficient (Wildman–Crippen LogP) is 4.76. The molecule has 0 aliphatic carbocycles. The van der Waals surface area contributed by atoms with Gasteiger partial charge in [-0.25, -0.2) is 0 Å². The van der Waals surface area contributed by atoms with Crippen LogP contribution in [0.1, 0.15) is 35.7 Å². The fourth-order valence-electron chi connectivity index (χ4n) is 1.66. The zero-order chi connectivity index (χ0) is 15.3. The van der Waals surface area contributed by atoms with Crippen molar-refractivity contribution in [3.8, 4) is 0 Å². The van der Waals surface area contributed by atoms with Gasteiger partial charge in [0.25, 0.3) is 5.91 Å². The highest BCUT2D eigenvalue weighted by Gasteiger charge is 2.35. The summed E-state index contributed by atoms with van der Waals surface area (Å²) in [5, 5.41) is 2.51. The van der Waals surface area contributed by atoms with Crippen LogP contribution in [0, 0.1) is 0 Å². The van der Waals surface area contributed by atoms with E-state index in [9.17, 15) is 18.0 Å². The van der Waals surface area contributed by atoms with Gasteiger partial charge in [-0.2, -0.15) is 13.2 Å². The number of halogens is 5. The molecule has 0 spiro atoms. The zero-order valence-corrected chi connectivity index (χ0v) is 13.9. The van der Waals surface area contributed by atoms with Crippen LogP contribution in [-0.2, 0) is 6.18 Å². The molecule has 0 heterocycles. The van der Waals surface area contributed by atoms with Crippen molar-refractivity contribution in [1.82, 2.24) is 5.32 Å². The Balaban J connectivity index is 2.88. The first-order valence-electron chi connectivity index (χ1n) is 6.04. The van der Waals surface area contributed by atoms with Gasteiger partial charge >= 0.3 is 6.18 Å². The van der Waals surface area contributed by atoms with Crippen molar-refractivity contribution in [1.29, 1.82) is 0 Å². The number of benzene rings is 1. The van der Waals surface area contributed by atoms with E-state index in [1.807, 2.05) is 6.92 Å². The molecule has 1 aromatic rings. The molecule has 0 saturated carbocycles. The molecule has 2 nitrogen and oxygen atoms in total. The van der Waals surface area contributed by atoms with Gasteiger partial charge in [-0.1, -0.05) is 45.2 Å². The van der Waals surface area contributed by atoms with Crippen LogP contribution in [0.3, 0.4) is 0 Å². The maximum Gasteiger partial charge on any atom is 0.417 e. The molecule has 0 radical (unpaired) electrons. The molecule has 0 saturated heterocycles. The Morgan fingerprint density at radius 3 is 2.60 bits per heavy atom. The number of amides is 1. The summed E-state index contributed by atoms with van der Waals surface area (Å²) in [6.45, 7) is 2.28. The van der Waals surface area contributed by atoms with Crippen molar-refractivity contribution < 1.29 is 18.0 Å². The minimum absolute atomic E-state index is 0.0567. The number of carbonyl (C=O) groups is 1. The Labute approximate surface area is 132 Å². The van der Waals surface area contributed by atoms with Gasteiger partial charge in [0.2, 0.25) is 0 Å². The van der Waals surface area contributed by atoms with Gasteiger partial charge in [0.05, 0.1) is 11.1 Å². The van der Waals surface area contributed by atoms with E-state index in [0.717, 1.165) is 18.9 Å². The topological polar surface area (TPSA) is 29.1 Å². The first-order valence-corrected chi connectivity index (χ1v) is 7.75. The molecule has 1 amide bonds. The normalized spacial score (nSPS) is 13.1. The Morgan fingerprint density at radius 2 is 2.05 bits per heavy atom. The molecule has 7 heteroatoms. The lowest BCUT2D eigenvalue weighted by Gasteiger charge is -2.14. The second-order valence-corrected chi connectivity index (χ2v) is 6.49. The third kappa shape index (κ3) is 5.09. The van der Waals surface area contributed by atoms with Gasteiger partial charge in [0.15, 0.2) is 0 Å². The first-order chi connectivity index (χ1) is 9.25. The first kappa shape index (κ1) is 17.5. The van der Waals surface area contributed by atoms with Crippen molar-refractivity contribution >= 4 is 37.8 Å². The van der Waals surface area contributed by atoms with Crippen LogP contribution in [0.5, 0.6) is 0 Å². The van der Waals surface area contributed by atoms with E-state index in [1.165, 1.54) is 12.1 Å². The number of nitrogens with one attached hydrogen (secondary N) is 1. The van der Waals surface area contributed by atoms with E-state index >= 15 is 0 Å². The third-order valence-electron chi connectivity index (χ3n) is 2.62. The fourth-order valence-corrected chi connectivity index (χ4v) is 2.64. The summed E-state index contributed by atoms with van der Waals surface area (Å²) in [5.74, 6) is -0.717. The predicted molar refractivity (Wildman–Crippen MR) is 79.1 cm³/mol. The highest BCUT2D eigenvalue weighted by molar-refractivity contribution is 9.10. The second kappa shape index (κ2) is 7.45. The minimum Gasteiger partial charge on any atom is -0.351 e. The third-order valence-corrected chi connectivity index (χ3v) is 3.89. The minimum atomic E-state index is -4.56. The average Bonchev–Trinajstić information content (AvgIpc) is 2.35. The summed E-state index contributed by atoms with van der Waals surface area (Å²) >= 11 is 6.35. The number of alkyl halides is 4. The molecular weight excluding hydrogens is 403 g/mol. The van der Waals surface area contributed by atoms with Gasteiger partial charge in [0.1, 0.15) is 0 Å². The summed E-state index contributed by atoms with van der Waals surface area (Å²) in [6.07, 6.45) is -2.79. The van der Waals surface area contributed by atoms with Crippen molar-refractivity contribution in [3.63, 3.8) is 0 Å². The van der Waals surface area contributed by atoms with E-state index in [0.29, 0.717) is 6.54 Å². The van der Waals surface area contributed by atoms with Gasteiger partial charge in [0, 0.05) is 15.8 Å². The van der Waals surface area contributed by atoms with Crippen molar-refractivity contribution in [2.75, 3.05) is 6.54 Å². The van der Waals surface area contributed by atoms with Crippen LogP contribution < -0.4 is 5.32 Å². The number of hydrogen-bond donors (Lipinski definition) is 1. The van der Waals surface area contributed by atoms with Crippen LogP contribution in [0.15, 0.2) is 22.7 Å². The quantitative estimate of drug-likeness (QED) is 0.688. The molecule has 0 fully saturated rings. The van der Waals surface area contributed by atoms with Gasteiger partial charge in [-0.05, 0) is 24.6 Å². The van der Waals surface area contributed by atoms with Gasteiger partial charge in [-0.3, -0.25) is 4.79 Å². The van der Waals surface area contributed by atoms with Crippen LogP contribution in [0.25, 0.3) is 0 Å². The fraction of sp³-hybridized carbons (Fsp3) is 0.462. The summed E-state index contributed by atoms with van der Waals surface area (Å²) in [5.41, 5.74) is -1.30. The molecule has 0 aliphatic rings. The van der Waals surface area contributed by atoms with E-state index in [1.54, 1.807) is 0 Å². The molecule has 20 heavy (non-hydrogen) atoms. The van der Waals surface area contributed by atoms with E-state index < -0.39 is 17.6 Å². The molecule has 112 valence electrons. The molecule has 1 rings (SSSR count). The second-order valence-electron chi connectivity index (χ2n) is 4.28. The largest absolute Gasteiger partial charge is 0.417 e. The lowest BCUT2D eigenvalue weighted by molar-refractivity contribution is -0.138. The van der Waals surface area contributed by atoms with Crippen LogP contribution >= 0.6 is 31.9 Å². The van der Waals surface area contributed by atoms with Gasteiger partial charge in [-0.15, -0.1) is 0 Å². The molecule has 0 aromatic heterocycles. The molecule has 1 unspecified atom stereocenters. The highest BCUT2D eigenvalue weighted by atomic mass is 79.9. The lowest BCUT2D eigenvalue weighted by Crippen LogP contribution is -2.31. The van der Waals surface area contributed by atoms with Gasteiger partial charge < -0.3 is 5.32 Å². The Bertz CT molecular complexity index is 477. The molecule has 0 aliphatic heterocycles. The molecule has 1 atom stereocenters. The Morgan fingerprint density at radius 1 is 1.40 bits per heavy atom. The summed E-state index contributed by atoms with van der Waals surface area (Å²) in [7, 11) is 0. The highest BCUT2D eigenvalue weighted by Crippen LogP contribution is 2.33. The smallest absolute Gasteiger partial charge is 0.351 e. The van der Waals surface area contributed by atoms with Crippen molar-refractivity contribution in [2.45, 2.75) is 30.8 Å². The Kier molecular flexibility index (Phi) is 6.51. The number of hydrogen-bond acceptors (Lipinski definition) is 1. The molecule has 0 bridgehead atoms. The van der Waals surface area contributed by atoms with Crippen molar-refractivity contribution in [3.05, 3.63) is 33.8 Å². The van der Waals surface area contributed by atoms with Crippen LogP contribution in [-0.4, -0.2) is 17.3 Å². The maximum atomic E-state index is 12.9. The summed E-state index contributed by atoms with van der Waals surface area (Å²) in [6, 6.07) is 3.50. The molecule has 1 aromatic carbocycles. The van der Waals surface area contributed by atoms with Crippen LogP contribution in [0.4, 0.5) is 13.2 Å². The maximum absolute atomic E-state index is 12.9. The number of rotatable bonds is 5. The van der Waals surface area contributed by atoms with E-state index in [2.05, 4.69) is 37.2 Å². The van der Waals surface area contributed by atoms with E-state index in [-0.39, 0.29) is 14.9 Å². The summed E-state index contributed by atoms with van der Waals surface area (Å²) < 4.78 is 39.0. The molecular formula is C13H14Br2F3NO. The summed E-state index contributed by atoms with van der Waals surface area (Å²) in [4.78, 5) is 11.9. The average molecular weight is 417 g/mol. The zero-order valence-electron chi connectivity index (χ0n) is 10.7. The number of carbonyl (C=O) groups excluding carboxylic acids is 1. The standard InChI is InChI=1S/C13H14Br2F3NO/c1-2-3-9(15)7-19-12(20)10-5-4-8(14)6-11(10)13(16,17)18/h4-6,9H,2-3,7H2,1H3,(H,19,20). The van der Waals surface area contributed by atoms with E-state index in [4.69, 9.17) is 0 Å². The van der Waals surface area contributed by atoms with Crippen LogP contribution in [0.2, 0.25) is 0 Å². The molecule has 1 N–H and O–H groups in total. The van der Waals surface area contributed by atoms with Crippen molar-refractivity contribution in [2.24, 2.45) is 0 Å².